The second-order valence-electron chi connectivity index (χ2n) is 6.21. The summed E-state index contributed by atoms with van der Waals surface area (Å²) in [5, 5.41) is 5.71. The van der Waals surface area contributed by atoms with Crippen LogP contribution < -0.4 is 5.32 Å². The van der Waals surface area contributed by atoms with Crippen molar-refractivity contribution in [3.05, 3.63) is 58.7 Å². The molecule has 0 spiro atoms. The number of anilines is 1. The highest BCUT2D eigenvalue weighted by Gasteiger charge is 2.12. The van der Waals surface area contributed by atoms with E-state index in [0.29, 0.717) is 17.2 Å². The summed E-state index contributed by atoms with van der Waals surface area (Å²) >= 11 is 1.54. The van der Waals surface area contributed by atoms with Crippen LogP contribution in [0.5, 0.6) is 0 Å². The summed E-state index contributed by atoms with van der Waals surface area (Å²) in [6.45, 7) is 5.89. The highest BCUT2D eigenvalue weighted by Crippen LogP contribution is 2.22. The van der Waals surface area contributed by atoms with Crippen LogP contribution in [0.1, 0.15) is 23.0 Å². The maximum Gasteiger partial charge on any atom is 0.230 e. The van der Waals surface area contributed by atoms with Crippen molar-refractivity contribution in [3.63, 3.8) is 0 Å². The van der Waals surface area contributed by atoms with Gasteiger partial charge in [-0.05, 0) is 44.2 Å². The van der Waals surface area contributed by atoms with Crippen LogP contribution in [0, 0.1) is 20.8 Å². The number of hydrogen-bond donors (Lipinski definition) is 1. The first-order chi connectivity index (χ1) is 12.5. The number of thiazole rings is 1. The molecule has 132 valence electrons. The Kier molecular flexibility index (Phi) is 4.08. The fraction of sp³-hybridized carbons (Fsp3) is 0.211. The number of fused-ring (bicyclic) bond motifs is 1. The standard InChI is InChI=1S/C19H18N4O2S/c1-11-4-5-12(2)23(11)19-22-15(10-26-19)9-18(24)21-14-6-7-17-16(8-14)20-13(3)25-17/h4-8,10H,9H2,1-3H3,(H,21,24). The molecule has 0 saturated carbocycles. The average molecular weight is 366 g/mol. The van der Waals surface area contributed by atoms with Crippen molar-refractivity contribution < 1.29 is 9.21 Å². The van der Waals surface area contributed by atoms with E-state index in [1.165, 1.54) is 11.3 Å². The molecule has 0 aliphatic rings. The number of nitrogens with zero attached hydrogens (tertiary/aromatic N) is 3. The van der Waals surface area contributed by atoms with Gasteiger partial charge in [0.05, 0.1) is 12.1 Å². The van der Waals surface area contributed by atoms with Gasteiger partial charge in [0.1, 0.15) is 5.52 Å². The molecule has 0 radical (unpaired) electrons. The molecule has 1 aromatic carbocycles. The lowest BCUT2D eigenvalue weighted by Gasteiger charge is -2.05. The van der Waals surface area contributed by atoms with Gasteiger partial charge < -0.3 is 9.73 Å². The van der Waals surface area contributed by atoms with E-state index < -0.39 is 0 Å². The maximum absolute atomic E-state index is 12.4. The average Bonchev–Trinajstić information content (AvgIpc) is 3.26. The van der Waals surface area contributed by atoms with Crippen LogP contribution in [0.25, 0.3) is 16.2 Å². The summed E-state index contributed by atoms with van der Waals surface area (Å²) in [7, 11) is 0. The summed E-state index contributed by atoms with van der Waals surface area (Å²) in [6, 6.07) is 9.55. The van der Waals surface area contributed by atoms with Gasteiger partial charge in [-0.2, -0.15) is 0 Å². The number of aromatic nitrogens is 3. The van der Waals surface area contributed by atoms with E-state index >= 15 is 0 Å². The molecule has 0 atom stereocenters. The van der Waals surface area contributed by atoms with E-state index in [9.17, 15) is 4.79 Å². The highest BCUT2D eigenvalue weighted by molar-refractivity contribution is 7.12. The lowest BCUT2D eigenvalue weighted by molar-refractivity contribution is -0.115. The number of rotatable bonds is 4. The smallest absolute Gasteiger partial charge is 0.230 e. The summed E-state index contributed by atoms with van der Waals surface area (Å²) < 4.78 is 7.54. The van der Waals surface area contributed by atoms with Gasteiger partial charge in [0.15, 0.2) is 16.6 Å². The Morgan fingerprint density at radius 3 is 2.69 bits per heavy atom. The van der Waals surface area contributed by atoms with Crippen molar-refractivity contribution in [3.8, 4) is 5.13 Å². The van der Waals surface area contributed by atoms with Crippen molar-refractivity contribution in [1.29, 1.82) is 0 Å². The van der Waals surface area contributed by atoms with Crippen molar-refractivity contribution >= 4 is 34.0 Å². The molecule has 3 aromatic heterocycles. The number of oxazole rings is 1. The molecule has 0 aliphatic heterocycles. The van der Waals surface area contributed by atoms with Gasteiger partial charge in [-0.25, -0.2) is 9.97 Å². The van der Waals surface area contributed by atoms with Crippen molar-refractivity contribution in [2.45, 2.75) is 27.2 Å². The Hall–Kier alpha value is -2.93. The molecule has 0 fully saturated rings. The van der Waals surface area contributed by atoms with Crippen LogP contribution in [0.3, 0.4) is 0 Å². The minimum atomic E-state index is -0.109. The minimum absolute atomic E-state index is 0.109. The summed E-state index contributed by atoms with van der Waals surface area (Å²) in [6.07, 6.45) is 0.228. The van der Waals surface area contributed by atoms with Gasteiger partial charge >= 0.3 is 0 Å². The Morgan fingerprint density at radius 2 is 1.92 bits per heavy atom. The predicted molar refractivity (Wildman–Crippen MR) is 102 cm³/mol. The molecule has 0 saturated heterocycles. The third kappa shape index (κ3) is 3.13. The van der Waals surface area contributed by atoms with Gasteiger partial charge in [0.2, 0.25) is 5.91 Å². The first-order valence-corrected chi connectivity index (χ1v) is 9.14. The molecule has 0 unspecified atom stereocenters. The molecule has 1 N–H and O–H groups in total. The van der Waals surface area contributed by atoms with Crippen molar-refractivity contribution in [1.82, 2.24) is 14.5 Å². The van der Waals surface area contributed by atoms with Gasteiger partial charge in [-0.15, -0.1) is 11.3 Å². The molecule has 4 aromatic rings. The zero-order valence-electron chi connectivity index (χ0n) is 14.7. The number of nitrogens with one attached hydrogen (secondary N) is 1. The molecule has 4 rings (SSSR count). The molecule has 0 bridgehead atoms. The summed E-state index contributed by atoms with van der Waals surface area (Å²) in [4.78, 5) is 21.2. The number of amides is 1. The Bertz CT molecular complexity index is 1090. The van der Waals surface area contributed by atoms with Gasteiger partial charge in [0.25, 0.3) is 0 Å². The summed E-state index contributed by atoms with van der Waals surface area (Å²) in [5.41, 5.74) is 5.15. The molecule has 1 amide bonds. The fourth-order valence-electron chi connectivity index (χ4n) is 2.94. The quantitative estimate of drug-likeness (QED) is 0.588. The second-order valence-corrected chi connectivity index (χ2v) is 7.05. The molecule has 7 heteroatoms. The topological polar surface area (TPSA) is 73.0 Å². The maximum atomic E-state index is 12.4. The lowest BCUT2D eigenvalue weighted by atomic mass is 10.2. The third-order valence-electron chi connectivity index (χ3n) is 4.12. The number of benzene rings is 1. The predicted octanol–water partition coefficient (Wildman–Crippen LogP) is 4.18. The van der Waals surface area contributed by atoms with E-state index in [1.807, 2.05) is 37.4 Å². The van der Waals surface area contributed by atoms with E-state index in [-0.39, 0.29) is 12.3 Å². The Balaban J connectivity index is 1.48. The number of aryl methyl sites for hydroxylation is 3. The van der Waals surface area contributed by atoms with Crippen LogP contribution in [0.4, 0.5) is 5.69 Å². The monoisotopic (exact) mass is 366 g/mol. The zero-order valence-corrected chi connectivity index (χ0v) is 15.6. The van der Waals surface area contributed by atoms with E-state index in [0.717, 1.165) is 27.7 Å². The van der Waals surface area contributed by atoms with Crippen LogP contribution in [-0.2, 0) is 11.2 Å². The van der Waals surface area contributed by atoms with E-state index in [2.05, 4.69) is 32.0 Å². The van der Waals surface area contributed by atoms with Gasteiger partial charge in [0, 0.05) is 29.4 Å². The Labute approximate surface area is 154 Å². The molecule has 3 heterocycles. The van der Waals surface area contributed by atoms with E-state index in [1.54, 1.807) is 6.92 Å². The molecule has 6 nitrogen and oxygen atoms in total. The first kappa shape index (κ1) is 16.5. The first-order valence-electron chi connectivity index (χ1n) is 8.26. The third-order valence-corrected chi connectivity index (χ3v) is 5.00. The fourth-order valence-corrected chi connectivity index (χ4v) is 3.88. The molecule has 0 aliphatic carbocycles. The zero-order chi connectivity index (χ0) is 18.3. The minimum Gasteiger partial charge on any atom is -0.441 e. The second kappa shape index (κ2) is 6.42. The number of carbonyl (C=O) groups is 1. The highest BCUT2D eigenvalue weighted by atomic mass is 32.1. The molecule has 26 heavy (non-hydrogen) atoms. The summed E-state index contributed by atoms with van der Waals surface area (Å²) in [5.74, 6) is 0.497. The SMILES string of the molecule is Cc1nc2cc(NC(=O)Cc3csc(-n4c(C)ccc4C)n3)ccc2o1. The van der Waals surface area contributed by atoms with Crippen molar-refractivity contribution in [2.75, 3.05) is 5.32 Å². The Morgan fingerprint density at radius 1 is 1.15 bits per heavy atom. The largest absolute Gasteiger partial charge is 0.441 e. The van der Waals surface area contributed by atoms with Crippen LogP contribution in [-0.4, -0.2) is 20.4 Å². The number of hydrogen-bond acceptors (Lipinski definition) is 5. The lowest BCUT2D eigenvalue weighted by Crippen LogP contribution is -2.14. The molecular formula is C19H18N4O2S. The van der Waals surface area contributed by atoms with Crippen LogP contribution in [0.2, 0.25) is 0 Å². The van der Waals surface area contributed by atoms with Gasteiger partial charge in [-0.1, -0.05) is 0 Å². The van der Waals surface area contributed by atoms with Crippen LogP contribution in [0.15, 0.2) is 40.1 Å². The molecular weight excluding hydrogens is 348 g/mol. The van der Waals surface area contributed by atoms with Crippen molar-refractivity contribution in [2.24, 2.45) is 0 Å². The normalized spacial score (nSPS) is 11.2. The van der Waals surface area contributed by atoms with Gasteiger partial charge in [-0.3, -0.25) is 9.36 Å². The van der Waals surface area contributed by atoms with Crippen LogP contribution >= 0.6 is 11.3 Å². The van der Waals surface area contributed by atoms with E-state index in [4.69, 9.17) is 4.42 Å². The number of carbonyl (C=O) groups excluding carboxylic acids is 1.